The van der Waals surface area contributed by atoms with Gasteiger partial charge in [-0.05, 0) is 129 Å². The molecule has 0 radical (unpaired) electrons. The number of aromatic nitrogens is 1. The molecule has 0 unspecified atom stereocenters. The number of anilines is 3. The Hall–Kier alpha value is -7.16. The highest BCUT2D eigenvalue weighted by molar-refractivity contribution is 6.12. The zero-order valence-electron chi connectivity index (χ0n) is 36.1. The van der Waals surface area contributed by atoms with Gasteiger partial charge in [-0.15, -0.1) is 0 Å². The van der Waals surface area contributed by atoms with Gasteiger partial charge in [-0.1, -0.05) is 179 Å². The molecule has 63 heavy (non-hydrogen) atoms. The van der Waals surface area contributed by atoms with Crippen LogP contribution in [0.2, 0.25) is 0 Å². The average molecular weight is 811 g/mol. The summed E-state index contributed by atoms with van der Waals surface area (Å²) >= 11 is 0. The highest BCUT2D eigenvalue weighted by Crippen LogP contribution is 2.52. The van der Waals surface area contributed by atoms with Gasteiger partial charge in [0, 0.05) is 38.8 Å². The van der Waals surface area contributed by atoms with E-state index in [0.29, 0.717) is 5.92 Å². The van der Waals surface area contributed by atoms with Gasteiger partial charge in [0.25, 0.3) is 0 Å². The maximum atomic E-state index is 2.50. The predicted octanol–water partition coefficient (Wildman–Crippen LogP) is 17.1. The molecule has 304 valence electrons. The van der Waals surface area contributed by atoms with Crippen molar-refractivity contribution in [2.75, 3.05) is 4.90 Å². The number of para-hydroxylation sites is 2. The van der Waals surface area contributed by atoms with Crippen LogP contribution in [-0.2, 0) is 5.41 Å². The molecule has 0 bridgehead atoms. The molecule has 2 aliphatic rings. The molecule has 1 fully saturated rings. The molecule has 2 heteroatoms. The summed E-state index contributed by atoms with van der Waals surface area (Å²) in [7, 11) is 0. The van der Waals surface area contributed by atoms with E-state index in [2.05, 4.69) is 224 Å². The molecule has 0 N–H and O–H groups in total. The highest BCUT2D eigenvalue weighted by atomic mass is 15.1. The van der Waals surface area contributed by atoms with Crippen LogP contribution in [0.4, 0.5) is 17.1 Å². The molecule has 10 aromatic rings. The summed E-state index contributed by atoms with van der Waals surface area (Å²) < 4.78 is 2.43. The van der Waals surface area contributed by atoms with Crippen LogP contribution in [0.15, 0.2) is 200 Å². The van der Waals surface area contributed by atoms with E-state index in [-0.39, 0.29) is 5.41 Å². The first kappa shape index (κ1) is 37.6. The van der Waals surface area contributed by atoms with Crippen molar-refractivity contribution < 1.29 is 0 Å². The molecular weight excluding hydrogens is 761 g/mol. The maximum absolute atomic E-state index is 2.50. The average Bonchev–Trinajstić information content (AvgIpc) is 3.79. The van der Waals surface area contributed by atoms with Crippen LogP contribution >= 0.6 is 0 Å². The molecule has 2 aliphatic carbocycles. The molecular formula is C61H50N2. The molecule has 0 spiro atoms. The van der Waals surface area contributed by atoms with Gasteiger partial charge in [-0.3, -0.25) is 0 Å². The first-order chi connectivity index (χ1) is 31.0. The fraction of sp³-hybridized carbons (Fsp3) is 0.148. The van der Waals surface area contributed by atoms with Crippen LogP contribution in [0.3, 0.4) is 0 Å². The van der Waals surface area contributed by atoms with Crippen molar-refractivity contribution in [3.63, 3.8) is 0 Å². The van der Waals surface area contributed by atoms with Crippen LogP contribution in [0, 0.1) is 0 Å². The molecule has 1 saturated carbocycles. The number of rotatable bonds is 7. The van der Waals surface area contributed by atoms with E-state index in [9.17, 15) is 0 Å². The standard InChI is InChI=1S/C61H50N2/c1-61(2)55-23-13-11-21-51(55)54-40-49(35-37-56(54)61)62(48-33-29-44(30-34-48)43-27-25-42(26-28-43)41-15-5-3-6-16-41)58-38-32-45-17-9-10-20-50(45)60(58)46-31-36-53-52-22-12-14-24-57(52)63(59(53)39-46)47-18-7-4-8-19-47/h4,7-14,17-41H,3,5-6,15-16H2,1-2H3. The topological polar surface area (TPSA) is 8.17 Å². The van der Waals surface area contributed by atoms with Gasteiger partial charge in [0.2, 0.25) is 0 Å². The largest absolute Gasteiger partial charge is 0.310 e. The van der Waals surface area contributed by atoms with Crippen molar-refractivity contribution in [1.29, 1.82) is 0 Å². The molecule has 1 aromatic heterocycles. The normalized spacial score (nSPS) is 14.6. The summed E-state index contributed by atoms with van der Waals surface area (Å²) in [5.41, 5.74) is 18.7. The predicted molar refractivity (Wildman–Crippen MR) is 267 cm³/mol. The number of fused-ring (bicyclic) bond motifs is 7. The van der Waals surface area contributed by atoms with Crippen LogP contribution in [0.1, 0.15) is 68.6 Å². The van der Waals surface area contributed by atoms with Crippen LogP contribution in [-0.4, -0.2) is 4.57 Å². The van der Waals surface area contributed by atoms with E-state index in [0.717, 1.165) is 22.7 Å². The molecule has 2 nitrogen and oxygen atoms in total. The summed E-state index contributed by atoms with van der Waals surface area (Å²) in [6.45, 7) is 4.73. The van der Waals surface area contributed by atoms with E-state index in [1.807, 2.05) is 0 Å². The minimum atomic E-state index is -0.0792. The molecule has 0 atom stereocenters. The zero-order valence-corrected chi connectivity index (χ0v) is 36.1. The van der Waals surface area contributed by atoms with Crippen LogP contribution in [0.25, 0.3) is 71.6 Å². The summed E-state index contributed by atoms with van der Waals surface area (Å²) in [6.07, 6.45) is 6.72. The maximum Gasteiger partial charge on any atom is 0.0547 e. The van der Waals surface area contributed by atoms with Crippen molar-refractivity contribution in [2.45, 2.75) is 57.3 Å². The summed E-state index contributed by atoms with van der Waals surface area (Å²) in [5.74, 6) is 0.701. The number of hydrogen-bond acceptors (Lipinski definition) is 1. The Balaban J connectivity index is 1.06. The summed E-state index contributed by atoms with van der Waals surface area (Å²) in [4.78, 5) is 2.50. The third kappa shape index (κ3) is 6.22. The summed E-state index contributed by atoms with van der Waals surface area (Å²) in [6, 6.07) is 75.1. The second-order valence-electron chi connectivity index (χ2n) is 18.3. The smallest absolute Gasteiger partial charge is 0.0547 e. The lowest BCUT2D eigenvalue weighted by Crippen LogP contribution is -2.15. The minimum absolute atomic E-state index is 0.0792. The minimum Gasteiger partial charge on any atom is -0.310 e. The second kappa shape index (κ2) is 15.0. The second-order valence-corrected chi connectivity index (χ2v) is 18.3. The van der Waals surface area contributed by atoms with E-state index in [1.165, 1.54) is 115 Å². The van der Waals surface area contributed by atoms with E-state index < -0.39 is 0 Å². The van der Waals surface area contributed by atoms with E-state index in [1.54, 1.807) is 0 Å². The fourth-order valence-corrected chi connectivity index (χ4v) is 11.2. The van der Waals surface area contributed by atoms with Gasteiger partial charge in [0.15, 0.2) is 0 Å². The Bertz CT molecular complexity index is 3330. The Labute approximate surface area is 370 Å². The van der Waals surface area contributed by atoms with Crippen LogP contribution in [0.5, 0.6) is 0 Å². The quantitative estimate of drug-likeness (QED) is 0.156. The van der Waals surface area contributed by atoms with Gasteiger partial charge in [-0.2, -0.15) is 0 Å². The zero-order chi connectivity index (χ0) is 42.1. The van der Waals surface area contributed by atoms with Crippen molar-refractivity contribution in [2.24, 2.45) is 0 Å². The van der Waals surface area contributed by atoms with Crippen molar-refractivity contribution in [3.05, 3.63) is 217 Å². The van der Waals surface area contributed by atoms with Crippen molar-refractivity contribution >= 4 is 49.6 Å². The van der Waals surface area contributed by atoms with Gasteiger partial charge in [0.1, 0.15) is 0 Å². The van der Waals surface area contributed by atoms with Crippen LogP contribution < -0.4 is 4.90 Å². The Morgan fingerprint density at radius 2 is 1.10 bits per heavy atom. The third-order valence-corrected chi connectivity index (χ3v) is 14.4. The van der Waals surface area contributed by atoms with Gasteiger partial charge < -0.3 is 9.47 Å². The lowest BCUT2D eigenvalue weighted by atomic mass is 9.82. The Kier molecular flexibility index (Phi) is 8.97. The van der Waals surface area contributed by atoms with Gasteiger partial charge >= 0.3 is 0 Å². The first-order valence-electron chi connectivity index (χ1n) is 22.9. The summed E-state index contributed by atoms with van der Waals surface area (Å²) in [5, 5.41) is 4.95. The molecule has 12 rings (SSSR count). The number of benzene rings is 9. The number of nitrogens with zero attached hydrogens (tertiary/aromatic N) is 2. The van der Waals surface area contributed by atoms with Gasteiger partial charge in [0.05, 0.1) is 16.7 Å². The lowest BCUT2D eigenvalue weighted by molar-refractivity contribution is 0.443. The SMILES string of the molecule is CC1(C)c2ccccc2-c2cc(N(c3ccc(-c4ccc(C5CCCCC5)cc4)cc3)c3ccc4ccccc4c3-c3ccc4c5ccccc5n(-c5ccccc5)c4c3)ccc21. The van der Waals surface area contributed by atoms with E-state index in [4.69, 9.17) is 0 Å². The molecule has 9 aromatic carbocycles. The van der Waals surface area contributed by atoms with Crippen molar-refractivity contribution in [3.8, 4) is 39.1 Å². The monoisotopic (exact) mass is 810 g/mol. The molecule has 0 amide bonds. The molecule has 0 aliphatic heterocycles. The Morgan fingerprint density at radius 1 is 0.460 bits per heavy atom. The highest BCUT2D eigenvalue weighted by Gasteiger charge is 2.36. The van der Waals surface area contributed by atoms with Crippen molar-refractivity contribution in [1.82, 2.24) is 4.57 Å². The lowest BCUT2D eigenvalue weighted by Gasteiger charge is -2.30. The fourth-order valence-electron chi connectivity index (χ4n) is 11.2. The first-order valence-corrected chi connectivity index (χ1v) is 22.9. The molecule has 0 saturated heterocycles. The van der Waals surface area contributed by atoms with Gasteiger partial charge in [-0.25, -0.2) is 0 Å². The molecule has 1 heterocycles. The van der Waals surface area contributed by atoms with E-state index >= 15 is 0 Å². The number of hydrogen-bond donors (Lipinski definition) is 0. The Morgan fingerprint density at radius 3 is 1.90 bits per heavy atom. The third-order valence-electron chi connectivity index (χ3n) is 14.4.